The number of rotatable bonds is 6. The summed E-state index contributed by atoms with van der Waals surface area (Å²) >= 11 is 0. The fourth-order valence-electron chi connectivity index (χ4n) is 2.67. The number of hydrazine groups is 1. The van der Waals surface area contributed by atoms with E-state index in [2.05, 4.69) is 15.7 Å². The lowest BCUT2D eigenvalue weighted by Gasteiger charge is -2.30. The normalized spacial score (nSPS) is 16.9. The molecule has 2 aromatic rings. The zero-order valence-corrected chi connectivity index (χ0v) is 17.4. The van der Waals surface area contributed by atoms with Crippen molar-refractivity contribution in [3.63, 3.8) is 0 Å². The zero-order valence-electron chi connectivity index (χ0n) is 16.6. The number of amidine groups is 1. The van der Waals surface area contributed by atoms with Crippen molar-refractivity contribution in [2.75, 3.05) is 16.9 Å². The summed E-state index contributed by atoms with van der Waals surface area (Å²) < 4.78 is 62.1. The van der Waals surface area contributed by atoms with Gasteiger partial charge in [0.05, 0.1) is 10.6 Å². The third kappa shape index (κ3) is 5.62. The molecule has 9 nitrogen and oxygen atoms in total. The average molecular weight is 469 g/mol. The van der Waals surface area contributed by atoms with Gasteiger partial charge in [-0.3, -0.25) is 15.0 Å². The van der Waals surface area contributed by atoms with Gasteiger partial charge in [-0.25, -0.2) is 23.1 Å². The SMILES string of the molecule is CC1N=C(C(=O)Nc2ccc(S(=O)(=O)NCC(F)(F)F)cc2)NN(c2ccccc2)C1=O. The summed E-state index contributed by atoms with van der Waals surface area (Å²) in [5.74, 6) is -1.21. The van der Waals surface area contributed by atoms with E-state index in [-0.39, 0.29) is 17.4 Å². The van der Waals surface area contributed by atoms with Crippen molar-refractivity contribution in [1.29, 1.82) is 0 Å². The number of alkyl halides is 3. The van der Waals surface area contributed by atoms with Crippen molar-refractivity contribution >= 4 is 39.0 Å². The molecule has 3 rings (SSSR count). The van der Waals surface area contributed by atoms with E-state index in [0.29, 0.717) is 5.69 Å². The zero-order chi connectivity index (χ0) is 23.5. The smallest absolute Gasteiger partial charge is 0.319 e. The molecule has 170 valence electrons. The molecule has 1 unspecified atom stereocenters. The number of carbonyl (C=O) groups excluding carboxylic acids is 2. The Hall–Kier alpha value is -3.45. The molecule has 0 bridgehead atoms. The van der Waals surface area contributed by atoms with Crippen molar-refractivity contribution in [3.05, 3.63) is 54.6 Å². The van der Waals surface area contributed by atoms with E-state index < -0.39 is 39.6 Å². The number of sulfonamides is 1. The Morgan fingerprint density at radius 3 is 2.34 bits per heavy atom. The summed E-state index contributed by atoms with van der Waals surface area (Å²) in [4.78, 5) is 28.6. The largest absolute Gasteiger partial charge is 0.402 e. The predicted molar refractivity (Wildman–Crippen MR) is 110 cm³/mol. The van der Waals surface area contributed by atoms with Gasteiger partial charge in [0.15, 0.2) is 0 Å². The Kier molecular flexibility index (Phi) is 6.50. The number of amides is 2. The van der Waals surface area contributed by atoms with E-state index in [9.17, 15) is 31.2 Å². The van der Waals surface area contributed by atoms with Gasteiger partial charge in [0.25, 0.3) is 11.8 Å². The average Bonchev–Trinajstić information content (AvgIpc) is 2.75. The number of benzene rings is 2. The van der Waals surface area contributed by atoms with E-state index in [1.165, 1.54) is 28.8 Å². The number of carbonyl (C=O) groups is 2. The molecule has 2 amide bonds. The second kappa shape index (κ2) is 8.96. The van der Waals surface area contributed by atoms with Crippen LogP contribution in [0.5, 0.6) is 0 Å². The van der Waals surface area contributed by atoms with Crippen LogP contribution in [0.15, 0.2) is 64.5 Å². The molecule has 2 aromatic carbocycles. The fraction of sp³-hybridized carbons (Fsp3) is 0.211. The van der Waals surface area contributed by atoms with E-state index in [0.717, 1.165) is 12.1 Å². The number of para-hydroxylation sites is 1. The summed E-state index contributed by atoms with van der Waals surface area (Å²) in [5, 5.41) is 3.68. The number of halogens is 3. The molecular weight excluding hydrogens is 451 g/mol. The minimum absolute atomic E-state index is 0.149. The van der Waals surface area contributed by atoms with E-state index in [1.807, 2.05) is 0 Å². The van der Waals surface area contributed by atoms with Crippen molar-refractivity contribution in [1.82, 2.24) is 10.1 Å². The molecule has 0 saturated heterocycles. The lowest BCUT2D eigenvalue weighted by molar-refractivity contribution is -0.121. The first kappa shape index (κ1) is 23.2. The maximum absolute atomic E-state index is 12.6. The van der Waals surface area contributed by atoms with Crippen LogP contribution in [0, 0.1) is 0 Å². The van der Waals surface area contributed by atoms with Crippen LogP contribution < -0.4 is 20.5 Å². The van der Waals surface area contributed by atoms with Crippen LogP contribution in [0.4, 0.5) is 24.5 Å². The van der Waals surface area contributed by atoms with Crippen LogP contribution in [0.1, 0.15) is 6.92 Å². The standard InChI is InChI=1S/C19H18F3N5O4S/c1-12-18(29)27(14-5-3-2-4-6-14)26-16(24-12)17(28)25-13-7-9-15(10-8-13)32(30,31)23-11-19(20,21)22/h2-10,12,23H,11H2,1H3,(H,24,26)(H,25,28). The molecular formula is C19H18F3N5O4S. The molecule has 0 radical (unpaired) electrons. The highest BCUT2D eigenvalue weighted by Gasteiger charge is 2.31. The first-order valence-electron chi connectivity index (χ1n) is 9.17. The van der Waals surface area contributed by atoms with Crippen molar-refractivity contribution in [3.8, 4) is 0 Å². The second-order valence-electron chi connectivity index (χ2n) is 6.69. The molecule has 1 aliphatic heterocycles. The number of anilines is 2. The summed E-state index contributed by atoms with van der Waals surface area (Å²) in [6, 6.07) is 12.3. The maximum Gasteiger partial charge on any atom is 0.402 e. The number of hydrogen-bond donors (Lipinski definition) is 3. The third-order valence-corrected chi connectivity index (χ3v) is 5.65. The van der Waals surface area contributed by atoms with Gasteiger partial charge in [-0.2, -0.15) is 13.2 Å². The monoisotopic (exact) mass is 469 g/mol. The maximum atomic E-state index is 12.6. The predicted octanol–water partition coefficient (Wildman–Crippen LogP) is 1.80. The Morgan fingerprint density at radius 1 is 1.12 bits per heavy atom. The van der Waals surface area contributed by atoms with Crippen LogP contribution in [0.25, 0.3) is 0 Å². The molecule has 0 aromatic heterocycles. The van der Waals surface area contributed by atoms with Crippen LogP contribution >= 0.6 is 0 Å². The van der Waals surface area contributed by atoms with Gasteiger partial charge in [-0.15, -0.1) is 0 Å². The molecule has 0 saturated carbocycles. The van der Waals surface area contributed by atoms with Crippen LogP contribution in [-0.4, -0.2) is 44.8 Å². The van der Waals surface area contributed by atoms with Crippen LogP contribution in [-0.2, 0) is 19.6 Å². The van der Waals surface area contributed by atoms with Crippen LogP contribution in [0.3, 0.4) is 0 Å². The van der Waals surface area contributed by atoms with E-state index >= 15 is 0 Å². The molecule has 0 fully saturated rings. The molecule has 3 N–H and O–H groups in total. The van der Waals surface area contributed by atoms with Crippen LogP contribution in [0.2, 0.25) is 0 Å². The van der Waals surface area contributed by atoms with Crippen molar-refractivity contribution in [2.45, 2.75) is 24.0 Å². The Balaban J connectivity index is 1.70. The highest BCUT2D eigenvalue weighted by Crippen LogP contribution is 2.19. The molecule has 1 aliphatic rings. The van der Waals surface area contributed by atoms with Gasteiger partial charge >= 0.3 is 6.18 Å². The number of aliphatic imine (C=N–C) groups is 1. The third-order valence-electron chi connectivity index (χ3n) is 4.23. The summed E-state index contributed by atoms with van der Waals surface area (Å²) in [6.07, 6.45) is -4.69. The Labute approximate surface area is 181 Å². The first-order chi connectivity index (χ1) is 15.0. The molecule has 32 heavy (non-hydrogen) atoms. The number of nitrogens with one attached hydrogen (secondary N) is 3. The Morgan fingerprint density at radius 2 is 1.75 bits per heavy atom. The molecule has 13 heteroatoms. The van der Waals surface area contributed by atoms with Gasteiger partial charge in [0, 0.05) is 5.69 Å². The van der Waals surface area contributed by atoms with Gasteiger partial charge < -0.3 is 5.32 Å². The summed E-state index contributed by atoms with van der Waals surface area (Å²) in [5.41, 5.74) is 3.32. The second-order valence-corrected chi connectivity index (χ2v) is 8.46. The lowest BCUT2D eigenvalue weighted by Crippen LogP contribution is -2.57. The quantitative estimate of drug-likeness (QED) is 0.596. The topological polar surface area (TPSA) is 120 Å². The fourth-order valence-corrected chi connectivity index (χ4v) is 3.69. The van der Waals surface area contributed by atoms with Gasteiger partial charge in [-0.05, 0) is 43.3 Å². The van der Waals surface area contributed by atoms with E-state index in [4.69, 9.17) is 0 Å². The minimum Gasteiger partial charge on any atom is -0.319 e. The lowest BCUT2D eigenvalue weighted by atomic mass is 10.2. The molecule has 0 spiro atoms. The van der Waals surface area contributed by atoms with Crippen molar-refractivity contribution < 1.29 is 31.2 Å². The highest BCUT2D eigenvalue weighted by molar-refractivity contribution is 7.89. The molecule has 1 heterocycles. The summed E-state index contributed by atoms with van der Waals surface area (Å²) in [6.45, 7) is -0.172. The Bertz CT molecular complexity index is 1140. The minimum atomic E-state index is -4.69. The highest BCUT2D eigenvalue weighted by atomic mass is 32.2. The van der Waals surface area contributed by atoms with Gasteiger partial charge in [-0.1, -0.05) is 18.2 Å². The van der Waals surface area contributed by atoms with E-state index in [1.54, 1.807) is 30.3 Å². The first-order valence-corrected chi connectivity index (χ1v) is 10.7. The molecule has 1 atom stereocenters. The van der Waals surface area contributed by atoms with Gasteiger partial charge in [0.2, 0.25) is 15.9 Å². The number of hydrogen-bond acceptors (Lipinski definition) is 6. The van der Waals surface area contributed by atoms with Crippen molar-refractivity contribution in [2.24, 2.45) is 4.99 Å². The summed E-state index contributed by atoms with van der Waals surface area (Å²) in [7, 11) is -4.37. The number of nitrogens with zero attached hydrogens (tertiary/aromatic N) is 2. The molecule has 0 aliphatic carbocycles. The van der Waals surface area contributed by atoms with Gasteiger partial charge in [0.1, 0.15) is 12.6 Å².